The molecular weight excluding hydrogens is 162 g/mol. The third-order valence-electron chi connectivity index (χ3n) is 4.82. The van der Waals surface area contributed by atoms with Gasteiger partial charge in [-0.25, -0.2) is 0 Å². The van der Waals surface area contributed by atoms with Crippen molar-refractivity contribution in [2.75, 3.05) is 13.6 Å². The van der Waals surface area contributed by atoms with Gasteiger partial charge in [-0.15, -0.1) is 0 Å². The van der Waals surface area contributed by atoms with Crippen molar-refractivity contribution in [1.82, 2.24) is 4.90 Å². The summed E-state index contributed by atoms with van der Waals surface area (Å²) in [6.45, 7) is 3.62. The summed E-state index contributed by atoms with van der Waals surface area (Å²) in [6, 6.07) is 0.582. The summed E-state index contributed by atoms with van der Waals surface area (Å²) in [4.78, 5) is 13.8. The fourth-order valence-corrected chi connectivity index (χ4v) is 4.06. The molecule has 1 spiro atoms. The number of hydrogen-bond acceptors (Lipinski definition) is 2. The number of piperidine rings is 1. The number of likely N-dealkylation sites (tertiary alicyclic amines) is 1. The van der Waals surface area contributed by atoms with Gasteiger partial charge >= 0.3 is 0 Å². The maximum absolute atomic E-state index is 11.4. The highest BCUT2D eigenvalue weighted by atomic mass is 16.1. The van der Waals surface area contributed by atoms with E-state index in [1.807, 2.05) is 0 Å². The van der Waals surface area contributed by atoms with Crippen LogP contribution in [0.1, 0.15) is 32.6 Å². The summed E-state index contributed by atoms with van der Waals surface area (Å²) >= 11 is 0. The average molecular weight is 179 g/mol. The lowest BCUT2D eigenvalue weighted by Gasteiger charge is -2.32. The van der Waals surface area contributed by atoms with Gasteiger partial charge in [0.1, 0.15) is 5.78 Å². The zero-order valence-electron chi connectivity index (χ0n) is 8.47. The van der Waals surface area contributed by atoms with E-state index in [1.54, 1.807) is 0 Å². The predicted octanol–water partition coefficient (Wildman–Crippen LogP) is 1.45. The molecule has 0 radical (unpaired) electrons. The molecule has 0 N–H and O–H groups in total. The second-order valence-electron chi connectivity index (χ2n) is 5.57. The van der Waals surface area contributed by atoms with Crippen LogP contribution in [0, 0.1) is 10.8 Å². The van der Waals surface area contributed by atoms with E-state index in [0.29, 0.717) is 22.7 Å². The average Bonchev–Trinajstić information content (AvgIpc) is 2.55. The standard InChI is InChI=1S/C11H17NO/c1-10-6-11(10)4-3-8(13)5-9(11)12(2)7-10/h9H,3-7H2,1-2H3/t9-,10-,11+/m0/s1. The Morgan fingerprint density at radius 1 is 1.54 bits per heavy atom. The molecule has 1 heterocycles. The quantitative estimate of drug-likeness (QED) is 0.561. The van der Waals surface area contributed by atoms with Gasteiger partial charge in [-0.2, -0.15) is 0 Å². The van der Waals surface area contributed by atoms with Crippen molar-refractivity contribution in [3.05, 3.63) is 0 Å². The maximum atomic E-state index is 11.4. The van der Waals surface area contributed by atoms with E-state index >= 15 is 0 Å². The molecule has 2 aliphatic carbocycles. The van der Waals surface area contributed by atoms with Gasteiger partial charge in [0.25, 0.3) is 0 Å². The van der Waals surface area contributed by atoms with Crippen molar-refractivity contribution < 1.29 is 4.79 Å². The van der Waals surface area contributed by atoms with Crippen LogP contribution in [0.2, 0.25) is 0 Å². The molecule has 3 atom stereocenters. The van der Waals surface area contributed by atoms with Crippen LogP contribution in [0.5, 0.6) is 0 Å². The Balaban J connectivity index is 1.95. The summed E-state index contributed by atoms with van der Waals surface area (Å²) in [5.41, 5.74) is 1.11. The lowest BCUT2D eigenvalue weighted by Crippen LogP contribution is -2.39. The molecule has 3 fully saturated rings. The highest BCUT2D eigenvalue weighted by Crippen LogP contribution is 2.74. The Labute approximate surface area is 79.3 Å². The van der Waals surface area contributed by atoms with Crippen molar-refractivity contribution in [2.45, 2.75) is 38.6 Å². The van der Waals surface area contributed by atoms with Crippen LogP contribution < -0.4 is 0 Å². The van der Waals surface area contributed by atoms with Crippen molar-refractivity contribution in [2.24, 2.45) is 10.8 Å². The van der Waals surface area contributed by atoms with E-state index in [-0.39, 0.29) is 0 Å². The molecule has 0 bridgehead atoms. The number of carbonyl (C=O) groups excluding carboxylic acids is 1. The van der Waals surface area contributed by atoms with Crippen LogP contribution >= 0.6 is 0 Å². The van der Waals surface area contributed by atoms with E-state index in [2.05, 4.69) is 18.9 Å². The molecule has 72 valence electrons. The molecule has 13 heavy (non-hydrogen) atoms. The smallest absolute Gasteiger partial charge is 0.134 e. The summed E-state index contributed by atoms with van der Waals surface area (Å²) in [5, 5.41) is 0. The molecule has 2 nitrogen and oxygen atoms in total. The Hall–Kier alpha value is -0.370. The number of carbonyl (C=O) groups is 1. The zero-order chi connectivity index (χ0) is 9.27. The minimum Gasteiger partial charge on any atom is -0.302 e. The SMILES string of the molecule is CN1C[C@]2(C)C[C@@]23CCC(=O)C[C@H]13. The number of Topliss-reactive ketones (excluding diaryl/α,β-unsaturated/α-hetero) is 1. The largest absolute Gasteiger partial charge is 0.302 e. The van der Waals surface area contributed by atoms with E-state index in [1.165, 1.54) is 13.0 Å². The van der Waals surface area contributed by atoms with Crippen LogP contribution in [-0.2, 0) is 4.79 Å². The second-order valence-corrected chi connectivity index (χ2v) is 5.57. The summed E-state index contributed by atoms with van der Waals surface area (Å²) < 4.78 is 0. The molecule has 2 heteroatoms. The second kappa shape index (κ2) is 2.00. The van der Waals surface area contributed by atoms with Crippen molar-refractivity contribution in [3.8, 4) is 0 Å². The van der Waals surface area contributed by atoms with E-state index in [4.69, 9.17) is 0 Å². The number of rotatable bonds is 0. The summed E-state index contributed by atoms with van der Waals surface area (Å²) in [5.74, 6) is 0.485. The Morgan fingerprint density at radius 3 is 3.08 bits per heavy atom. The van der Waals surface area contributed by atoms with E-state index in [0.717, 1.165) is 19.3 Å². The van der Waals surface area contributed by atoms with Crippen molar-refractivity contribution in [3.63, 3.8) is 0 Å². The van der Waals surface area contributed by atoms with Crippen molar-refractivity contribution >= 4 is 5.78 Å². The van der Waals surface area contributed by atoms with Gasteiger partial charge in [0.05, 0.1) is 0 Å². The highest BCUT2D eigenvalue weighted by molar-refractivity contribution is 5.80. The molecule has 0 unspecified atom stereocenters. The zero-order valence-corrected chi connectivity index (χ0v) is 8.47. The van der Waals surface area contributed by atoms with Gasteiger partial charge in [0.15, 0.2) is 0 Å². The molecule has 2 saturated carbocycles. The normalized spacial score (nSPS) is 54.6. The van der Waals surface area contributed by atoms with Gasteiger partial charge in [0, 0.05) is 25.4 Å². The summed E-state index contributed by atoms with van der Waals surface area (Å²) in [6.07, 6.45) is 4.21. The van der Waals surface area contributed by atoms with Crippen LogP contribution in [0.25, 0.3) is 0 Å². The van der Waals surface area contributed by atoms with Gasteiger partial charge in [-0.1, -0.05) is 6.92 Å². The minimum atomic E-state index is 0.485. The highest BCUT2D eigenvalue weighted by Gasteiger charge is 2.73. The third-order valence-corrected chi connectivity index (χ3v) is 4.82. The lowest BCUT2D eigenvalue weighted by atomic mass is 9.78. The molecule has 3 aliphatic rings. The first kappa shape index (κ1) is 7.98. The Bertz CT molecular complexity index is 288. The van der Waals surface area contributed by atoms with Gasteiger partial charge in [-0.3, -0.25) is 4.79 Å². The lowest BCUT2D eigenvalue weighted by molar-refractivity contribution is -0.123. The van der Waals surface area contributed by atoms with Gasteiger partial charge < -0.3 is 4.90 Å². The summed E-state index contributed by atoms with van der Waals surface area (Å²) in [7, 11) is 2.18. The minimum absolute atomic E-state index is 0.485. The van der Waals surface area contributed by atoms with Crippen LogP contribution in [0.4, 0.5) is 0 Å². The first-order valence-corrected chi connectivity index (χ1v) is 5.29. The predicted molar refractivity (Wildman–Crippen MR) is 50.4 cm³/mol. The number of ketones is 1. The molecule has 0 aromatic carbocycles. The molecule has 0 aromatic heterocycles. The van der Waals surface area contributed by atoms with E-state index in [9.17, 15) is 4.79 Å². The molecule has 0 aromatic rings. The molecular formula is C11H17NO. The van der Waals surface area contributed by atoms with Crippen LogP contribution in [-0.4, -0.2) is 30.3 Å². The fraction of sp³-hybridized carbons (Fsp3) is 0.909. The monoisotopic (exact) mass is 179 g/mol. The first-order valence-electron chi connectivity index (χ1n) is 5.29. The van der Waals surface area contributed by atoms with Gasteiger partial charge in [0.2, 0.25) is 0 Å². The van der Waals surface area contributed by atoms with E-state index < -0.39 is 0 Å². The van der Waals surface area contributed by atoms with Crippen LogP contribution in [0.15, 0.2) is 0 Å². The molecule has 3 rings (SSSR count). The Morgan fingerprint density at radius 2 is 2.31 bits per heavy atom. The maximum Gasteiger partial charge on any atom is 0.134 e. The third kappa shape index (κ3) is 0.762. The van der Waals surface area contributed by atoms with Crippen molar-refractivity contribution in [1.29, 1.82) is 0 Å². The molecule has 1 aliphatic heterocycles. The fourth-order valence-electron chi connectivity index (χ4n) is 4.06. The number of hydrogen-bond donors (Lipinski definition) is 0. The molecule has 0 amide bonds. The first-order chi connectivity index (χ1) is 6.07. The Kier molecular flexibility index (Phi) is 1.23. The molecule has 1 saturated heterocycles. The van der Waals surface area contributed by atoms with Gasteiger partial charge in [-0.05, 0) is 30.7 Å². The van der Waals surface area contributed by atoms with Crippen LogP contribution in [0.3, 0.4) is 0 Å². The topological polar surface area (TPSA) is 20.3 Å². The number of nitrogens with zero attached hydrogens (tertiary/aromatic N) is 1.